The number of carbonyl (C=O) groups excluding carboxylic acids is 2. The van der Waals surface area contributed by atoms with Crippen LogP contribution < -0.4 is 15.4 Å². The van der Waals surface area contributed by atoms with Gasteiger partial charge in [0.25, 0.3) is 11.8 Å². The van der Waals surface area contributed by atoms with Gasteiger partial charge in [-0.25, -0.2) is 4.98 Å². The van der Waals surface area contributed by atoms with Crippen molar-refractivity contribution in [1.82, 2.24) is 20.5 Å². The van der Waals surface area contributed by atoms with Gasteiger partial charge in [0, 0.05) is 34.8 Å². The maximum absolute atomic E-state index is 13.7. The van der Waals surface area contributed by atoms with E-state index >= 15 is 0 Å². The molecule has 3 heterocycles. The standard InChI is InChI=1S/C30H36N4O4S/c1-19-18-39-29(32-19)26-11-7-13-34(26)30(37)22-15-21(16-23(17-22)38-2)28(36)33-25(14-20-8-4-3-5-9-20)27(35)24-10-6-12-31-24/h3-5,8-9,15-18,24-27,31,35H,6-7,10-14H2,1-2H3,(H,33,36)/t24?,25-,26?,27+/m0/s1. The third kappa shape index (κ3) is 6.32. The number of benzene rings is 2. The van der Waals surface area contributed by atoms with Crippen LogP contribution in [-0.2, 0) is 6.42 Å². The topological polar surface area (TPSA) is 104 Å². The van der Waals surface area contributed by atoms with Crippen LogP contribution in [-0.4, -0.2) is 65.2 Å². The van der Waals surface area contributed by atoms with Gasteiger partial charge in [0.15, 0.2) is 0 Å². The summed E-state index contributed by atoms with van der Waals surface area (Å²) < 4.78 is 5.48. The van der Waals surface area contributed by atoms with Gasteiger partial charge in [-0.15, -0.1) is 11.3 Å². The lowest BCUT2D eigenvalue weighted by Gasteiger charge is -2.29. The molecule has 39 heavy (non-hydrogen) atoms. The zero-order valence-electron chi connectivity index (χ0n) is 22.4. The lowest BCUT2D eigenvalue weighted by Crippen LogP contribution is -2.52. The molecule has 0 bridgehead atoms. The summed E-state index contributed by atoms with van der Waals surface area (Å²) in [5, 5.41) is 20.6. The first-order valence-corrected chi connectivity index (χ1v) is 14.5. The monoisotopic (exact) mass is 548 g/mol. The van der Waals surface area contributed by atoms with E-state index in [-0.39, 0.29) is 23.9 Å². The molecule has 9 heteroatoms. The summed E-state index contributed by atoms with van der Waals surface area (Å²) in [6, 6.07) is 14.1. The van der Waals surface area contributed by atoms with Gasteiger partial charge in [0.05, 0.1) is 25.3 Å². The summed E-state index contributed by atoms with van der Waals surface area (Å²) in [5.41, 5.74) is 2.70. The van der Waals surface area contributed by atoms with Gasteiger partial charge in [-0.1, -0.05) is 30.3 Å². The maximum Gasteiger partial charge on any atom is 0.254 e. The normalized spacial score (nSPS) is 20.5. The van der Waals surface area contributed by atoms with Crippen molar-refractivity contribution in [3.63, 3.8) is 0 Å². The molecule has 206 valence electrons. The van der Waals surface area contributed by atoms with Gasteiger partial charge in [0.2, 0.25) is 0 Å². The van der Waals surface area contributed by atoms with Crippen LogP contribution in [0.3, 0.4) is 0 Å². The van der Waals surface area contributed by atoms with Crippen molar-refractivity contribution in [3.8, 4) is 5.75 Å². The number of ether oxygens (including phenoxy) is 1. The fraction of sp³-hybridized carbons (Fsp3) is 0.433. The van der Waals surface area contributed by atoms with E-state index < -0.39 is 12.1 Å². The summed E-state index contributed by atoms with van der Waals surface area (Å²) in [4.78, 5) is 33.8. The molecule has 5 rings (SSSR count). The van der Waals surface area contributed by atoms with Crippen LogP contribution in [0.1, 0.15) is 68.7 Å². The van der Waals surface area contributed by atoms with E-state index in [0.29, 0.717) is 29.8 Å². The molecule has 4 atom stereocenters. The predicted octanol–water partition coefficient (Wildman–Crippen LogP) is 3.89. The molecule has 2 amide bonds. The van der Waals surface area contributed by atoms with E-state index in [0.717, 1.165) is 48.5 Å². The molecule has 3 N–H and O–H groups in total. The molecule has 2 aromatic carbocycles. The molecule has 0 spiro atoms. The van der Waals surface area contributed by atoms with Crippen LogP contribution >= 0.6 is 11.3 Å². The Morgan fingerprint density at radius 2 is 1.97 bits per heavy atom. The van der Waals surface area contributed by atoms with Crippen molar-refractivity contribution in [2.24, 2.45) is 0 Å². The number of hydrogen-bond acceptors (Lipinski definition) is 7. The van der Waals surface area contributed by atoms with Gasteiger partial charge in [-0.2, -0.15) is 0 Å². The number of nitrogens with zero attached hydrogens (tertiary/aromatic N) is 2. The number of aliphatic hydroxyl groups excluding tert-OH is 1. The minimum atomic E-state index is -0.754. The van der Waals surface area contributed by atoms with Gasteiger partial charge in [-0.05, 0) is 69.3 Å². The summed E-state index contributed by atoms with van der Waals surface area (Å²) in [7, 11) is 1.52. The Balaban J connectivity index is 1.38. The molecule has 8 nitrogen and oxygen atoms in total. The number of likely N-dealkylation sites (tertiary alicyclic amines) is 1. The average Bonchev–Trinajstić information content (AvgIpc) is 3.74. The second-order valence-electron chi connectivity index (χ2n) is 10.4. The Morgan fingerprint density at radius 3 is 2.67 bits per heavy atom. The van der Waals surface area contributed by atoms with Crippen molar-refractivity contribution in [2.45, 2.75) is 63.3 Å². The number of methoxy groups -OCH3 is 1. The molecule has 2 unspecified atom stereocenters. The number of nitrogens with one attached hydrogen (secondary N) is 2. The first-order valence-electron chi connectivity index (χ1n) is 13.6. The van der Waals surface area contributed by atoms with Crippen LogP contribution in [0.5, 0.6) is 5.75 Å². The van der Waals surface area contributed by atoms with E-state index in [4.69, 9.17) is 4.74 Å². The Labute approximate surface area is 233 Å². The third-order valence-corrected chi connectivity index (χ3v) is 8.69. The van der Waals surface area contributed by atoms with Gasteiger partial charge < -0.3 is 25.4 Å². The highest BCUT2D eigenvalue weighted by Gasteiger charge is 2.34. The number of rotatable bonds is 9. The van der Waals surface area contributed by atoms with Gasteiger partial charge >= 0.3 is 0 Å². The van der Waals surface area contributed by atoms with Crippen molar-refractivity contribution >= 4 is 23.2 Å². The molecular weight excluding hydrogens is 512 g/mol. The zero-order chi connectivity index (χ0) is 27.4. The highest BCUT2D eigenvalue weighted by molar-refractivity contribution is 7.09. The highest BCUT2D eigenvalue weighted by atomic mass is 32.1. The maximum atomic E-state index is 13.7. The number of amides is 2. The molecule has 3 aromatic rings. The largest absolute Gasteiger partial charge is 0.497 e. The van der Waals surface area contributed by atoms with Crippen molar-refractivity contribution in [3.05, 3.63) is 81.3 Å². The lowest BCUT2D eigenvalue weighted by molar-refractivity contribution is 0.0733. The summed E-state index contributed by atoms with van der Waals surface area (Å²) in [6.07, 6.45) is 3.36. The quantitative estimate of drug-likeness (QED) is 0.375. The van der Waals surface area contributed by atoms with Crippen LogP contribution in [0, 0.1) is 6.92 Å². The van der Waals surface area contributed by atoms with Crippen molar-refractivity contribution < 1.29 is 19.4 Å². The average molecular weight is 549 g/mol. The van der Waals surface area contributed by atoms with E-state index in [1.165, 1.54) is 7.11 Å². The molecule has 1 aromatic heterocycles. The molecule has 2 aliphatic rings. The summed E-state index contributed by atoms with van der Waals surface area (Å²) >= 11 is 1.58. The van der Waals surface area contributed by atoms with Crippen molar-refractivity contribution in [1.29, 1.82) is 0 Å². The van der Waals surface area contributed by atoms with E-state index in [1.807, 2.05) is 47.5 Å². The molecule has 2 fully saturated rings. The number of aliphatic hydroxyl groups is 1. The fourth-order valence-electron chi connectivity index (χ4n) is 5.59. The molecular formula is C30H36N4O4S. The SMILES string of the molecule is COc1cc(C(=O)N[C@@H](Cc2ccccc2)[C@H](O)C2CCCN2)cc(C(=O)N2CCCC2c2nc(C)cs2)c1. The lowest BCUT2D eigenvalue weighted by atomic mass is 9.95. The van der Waals surface area contributed by atoms with Crippen LogP contribution in [0.25, 0.3) is 0 Å². The van der Waals surface area contributed by atoms with Crippen molar-refractivity contribution in [2.75, 3.05) is 20.2 Å². The number of aryl methyl sites for hydroxylation is 1. The summed E-state index contributed by atoms with van der Waals surface area (Å²) in [5.74, 6) is -0.0618. The fourth-order valence-corrected chi connectivity index (χ4v) is 6.53. The minimum absolute atomic E-state index is 0.0658. The summed E-state index contributed by atoms with van der Waals surface area (Å²) in [6.45, 7) is 3.45. The second-order valence-corrected chi connectivity index (χ2v) is 11.3. The molecule has 0 aliphatic carbocycles. The predicted molar refractivity (Wildman–Crippen MR) is 151 cm³/mol. The smallest absolute Gasteiger partial charge is 0.254 e. The second kappa shape index (κ2) is 12.3. The van der Waals surface area contributed by atoms with E-state index in [1.54, 1.807) is 29.5 Å². The number of carbonyl (C=O) groups is 2. The van der Waals surface area contributed by atoms with Gasteiger partial charge in [-0.3, -0.25) is 9.59 Å². The highest BCUT2D eigenvalue weighted by Crippen LogP contribution is 2.35. The van der Waals surface area contributed by atoms with Crippen LogP contribution in [0.4, 0.5) is 0 Å². The minimum Gasteiger partial charge on any atom is -0.497 e. The Morgan fingerprint density at radius 1 is 1.18 bits per heavy atom. The Hall–Kier alpha value is -3.27. The Kier molecular flexibility index (Phi) is 8.60. The first kappa shape index (κ1) is 27.3. The van der Waals surface area contributed by atoms with Crippen LogP contribution in [0.2, 0.25) is 0 Å². The molecule has 0 radical (unpaired) electrons. The third-order valence-electron chi connectivity index (χ3n) is 7.62. The number of thiazole rings is 1. The number of aromatic nitrogens is 1. The van der Waals surface area contributed by atoms with E-state index in [2.05, 4.69) is 15.6 Å². The molecule has 2 saturated heterocycles. The molecule has 0 saturated carbocycles. The van der Waals surface area contributed by atoms with Gasteiger partial charge in [0.1, 0.15) is 10.8 Å². The Bertz CT molecular complexity index is 1290. The molecule has 2 aliphatic heterocycles. The van der Waals surface area contributed by atoms with E-state index in [9.17, 15) is 14.7 Å². The first-order chi connectivity index (χ1) is 18.9. The van der Waals surface area contributed by atoms with Crippen LogP contribution in [0.15, 0.2) is 53.9 Å². The zero-order valence-corrected chi connectivity index (χ0v) is 23.2. The number of hydrogen-bond donors (Lipinski definition) is 3.